The summed E-state index contributed by atoms with van der Waals surface area (Å²) in [5.41, 5.74) is 3.62. The second-order valence-corrected chi connectivity index (χ2v) is 5.98. The number of hydrogen-bond donors (Lipinski definition) is 2. The molecule has 7 nitrogen and oxygen atoms in total. The van der Waals surface area contributed by atoms with Crippen LogP contribution in [-0.2, 0) is 30.7 Å². The van der Waals surface area contributed by atoms with Gasteiger partial charge in [-0.2, -0.15) is 0 Å². The molecule has 2 rings (SSSR count). The number of guanidine groups is 1. The van der Waals surface area contributed by atoms with Crippen molar-refractivity contribution in [1.82, 2.24) is 15.8 Å². The molecule has 0 aliphatic carbocycles. The maximum absolute atomic E-state index is 11.5. The smallest absolute Gasteiger partial charge is 0.337 e. The molecule has 0 amide bonds. The summed E-state index contributed by atoms with van der Waals surface area (Å²) in [6, 6.07) is 7.25. The van der Waals surface area contributed by atoms with E-state index in [1.165, 1.54) is 7.11 Å². The van der Waals surface area contributed by atoms with Crippen molar-refractivity contribution < 1.29 is 14.1 Å². The quantitative estimate of drug-likeness (QED) is 0.250. The topological polar surface area (TPSA) is 88.8 Å². The van der Waals surface area contributed by atoms with Crippen LogP contribution in [0.4, 0.5) is 0 Å². The Morgan fingerprint density at radius 2 is 1.86 bits per heavy atom. The van der Waals surface area contributed by atoms with E-state index in [1.807, 2.05) is 19.1 Å². The van der Waals surface area contributed by atoms with Gasteiger partial charge in [0.15, 0.2) is 5.96 Å². The van der Waals surface area contributed by atoms with Gasteiger partial charge in [-0.15, -0.1) is 24.0 Å². The fourth-order valence-corrected chi connectivity index (χ4v) is 2.69. The molecule has 8 heteroatoms. The number of nitrogens with one attached hydrogen (secondary N) is 2. The van der Waals surface area contributed by atoms with E-state index in [0.29, 0.717) is 18.7 Å². The third-order valence-corrected chi connectivity index (χ3v) is 4.18. The molecule has 1 aromatic carbocycles. The highest BCUT2D eigenvalue weighted by Gasteiger charge is 2.13. The summed E-state index contributed by atoms with van der Waals surface area (Å²) in [4.78, 5) is 16.1. The fraction of sp³-hybridized carbons (Fsp3) is 0.450. The summed E-state index contributed by atoms with van der Waals surface area (Å²) in [7, 11) is 1.37. The van der Waals surface area contributed by atoms with Crippen LogP contribution >= 0.6 is 24.0 Å². The molecule has 2 aromatic rings. The van der Waals surface area contributed by atoms with Crippen molar-refractivity contribution in [3.63, 3.8) is 0 Å². The second-order valence-electron chi connectivity index (χ2n) is 5.98. The third kappa shape index (κ3) is 6.50. The van der Waals surface area contributed by atoms with Gasteiger partial charge in [0.2, 0.25) is 0 Å². The zero-order chi connectivity index (χ0) is 19.6. The van der Waals surface area contributed by atoms with Crippen molar-refractivity contribution in [3.05, 3.63) is 52.4 Å². The van der Waals surface area contributed by atoms with E-state index in [1.54, 1.807) is 12.1 Å². The van der Waals surface area contributed by atoms with Gasteiger partial charge in [-0.3, -0.25) is 0 Å². The van der Waals surface area contributed by atoms with E-state index in [4.69, 9.17) is 9.26 Å². The molecule has 1 aromatic heterocycles. The third-order valence-electron chi connectivity index (χ3n) is 4.18. The maximum atomic E-state index is 11.5. The minimum Gasteiger partial charge on any atom is -0.465 e. The van der Waals surface area contributed by atoms with Crippen LogP contribution in [0, 0.1) is 0 Å². The van der Waals surface area contributed by atoms with Crippen LogP contribution in [0.5, 0.6) is 0 Å². The first-order chi connectivity index (χ1) is 13.1. The molecule has 154 valence electrons. The lowest BCUT2D eigenvalue weighted by atomic mass is 10.1. The number of benzene rings is 1. The number of hydrogen-bond acceptors (Lipinski definition) is 5. The van der Waals surface area contributed by atoms with E-state index < -0.39 is 0 Å². The molecule has 0 atom stereocenters. The second kappa shape index (κ2) is 12.4. The lowest BCUT2D eigenvalue weighted by Gasteiger charge is -2.12. The average Bonchev–Trinajstić information content (AvgIpc) is 3.11. The van der Waals surface area contributed by atoms with Crippen LogP contribution in [-0.4, -0.2) is 30.7 Å². The Bertz CT molecular complexity index is 751. The molecule has 0 unspecified atom stereocenters. The van der Waals surface area contributed by atoms with Crippen LogP contribution < -0.4 is 10.6 Å². The van der Waals surface area contributed by atoms with Crippen molar-refractivity contribution in [1.29, 1.82) is 0 Å². The van der Waals surface area contributed by atoms with Gasteiger partial charge in [-0.05, 0) is 31.0 Å². The number of nitrogens with zero attached hydrogens (tertiary/aromatic N) is 2. The molecule has 0 aliphatic rings. The van der Waals surface area contributed by atoms with Gasteiger partial charge in [-0.25, -0.2) is 9.79 Å². The number of halogens is 1. The number of aryl methyl sites for hydroxylation is 2. The summed E-state index contributed by atoms with van der Waals surface area (Å²) in [5, 5.41) is 10.7. The molecule has 0 fully saturated rings. The summed E-state index contributed by atoms with van der Waals surface area (Å²) in [6.45, 7) is 8.03. The zero-order valence-electron chi connectivity index (χ0n) is 16.9. The molecule has 1 heterocycles. The minimum atomic E-state index is -0.341. The number of aromatic nitrogens is 1. The van der Waals surface area contributed by atoms with Gasteiger partial charge in [0.05, 0.1) is 24.9 Å². The zero-order valence-corrected chi connectivity index (χ0v) is 19.2. The summed E-state index contributed by atoms with van der Waals surface area (Å²) < 4.78 is 10.1. The van der Waals surface area contributed by atoms with Gasteiger partial charge in [0.25, 0.3) is 0 Å². The number of esters is 1. The predicted molar refractivity (Wildman–Crippen MR) is 120 cm³/mol. The number of ether oxygens (including phenoxy) is 1. The molecule has 2 N–H and O–H groups in total. The predicted octanol–water partition coefficient (Wildman–Crippen LogP) is 3.46. The lowest BCUT2D eigenvalue weighted by Crippen LogP contribution is -2.37. The molecule has 0 saturated carbocycles. The molecular weight excluding hydrogens is 471 g/mol. The van der Waals surface area contributed by atoms with Crippen molar-refractivity contribution in [2.45, 2.75) is 46.7 Å². The first kappa shape index (κ1) is 23.9. The van der Waals surface area contributed by atoms with Crippen LogP contribution in [0.1, 0.15) is 53.7 Å². The average molecular weight is 500 g/mol. The Morgan fingerprint density at radius 3 is 2.43 bits per heavy atom. The van der Waals surface area contributed by atoms with Crippen LogP contribution in [0.15, 0.2) is 33.8 Å². The van der Waals surface area contributed by atoms with E-state index in [0.717, 1.165) is 47.9 Å². The van der Waals surface area contributed by atoms with Gasteiger partial charge < -0.3 is 19.9 Å². The first-order valence-corrected chi connectivity index (χ1v) is 9.28. The Balaban J connectivity index is 0.00000392. The number of carbonyl (C=O) groups is 1. The normalized spacial score (nSPS) is 10.9. The minimum absolute atomic E-state index is 0. The molecule has 0 saturated heterocycles. The highest BCUT2D eigenvalue weighted by molar-refractivity contribution is 14.0. The molecule has 0 aliphatic heterocycles. The maximum Gasteiger partial charge on any atom is 0.337 e. The highest BCUT2D eigenvalue weighted by atomic mass is 127. The van der Waals surface area contributed by atoms with E-state index in [2.05, 4.69) is 34.6 Å². The number of methoxy groups -OCH3 is 1. The Morgan fingerprint density at radius 1 is 1.14 bits per heavy atom. The van der Waals surface area contributed by atoms with Crippen molar-refractivity contribution in [3.8, 4) is 0 Å². The lowest BCUT2D eigenvalue weighted by molar-refractivity contribution is 0.0600. The van der Waals surface area contributed by atoms with E-state index >= 15 is 0 Å². The van der Waals surface area contributed by atoms with Crippen LogP contribution in [0.3, 0.4) is 0 Å². The fourth-order valence-electron chi connectivity index (χ4n) is 2.69. The van der Waals surface area contributed by atoms with Crippen molar-refractivity contribution in [2.24, 2.45) is 4.99 Å². The Hall–Kier alpha value is -2.10. The Kier molecular flexibility index (Phi) is 10.6. The highest BCUT2D eigenvalue weighted by Crippen LogP contribution is 2.15. The number of carbonyl (C=O) groups excluding carboxylic acids is 1. The SMILES string of the molecule is CCNC(=NCc1ccc(C(=O)OC)cc1)NCc1c(CC)noc1CC.I. The summed E-state index contributed by atoms with van der Waals surface area (Å²) >= 11 is 0. The van der Waals surface area contributed by atoms with Gasteiger partial charge in [-0.1, -0.05) is 31.1 Å². The van der Waals surface area contributed by atoms with Gasteiger partial charge in [0.1, 0.15) is 5.76 Å². The standard InChI is InChI=1S/C20H28N4O3.HI/c1-5-17-16(18(6-2)27-24-17)13-23-20(21-7-3)22-12-14-8-10-15(11-9-14)19(25)26-4;/h8-11H,5-7,12-13H2,1-4H3,(H2,21,22,23);1H. The van der Waals surface area contributed by atoms with E-state index in [9.17, 15) is 4.79 Å². The number of aliphatic imine (C=N–C) groups is 1. The molecule has 0 spiro atoms. The van der Waals surface area contributed by atoms with Crippen LogP contribution in [0.2, 0.25) is 0 Å². The van der Waals surface area contributed by atoms with Crippen LogP contribution in [0.25, 0.3) is 0 Å². The van der Waals surface area contributed by atoms with E-state index in [-0.39, 0.29) is 29.9 Å². The van der Waals surface area contributed by atoms with Gasteiger partial charge in [0, 0.05) is 25.1 Å². The first-order valence-electron chi connectivity index (χ1n) is 9.28. The van der Waals surface area contributed by atoms with Gasteiger partial charge >= 0.3 is 5.97 Å². The molecule has 0 radical (unpaired) electrons. The Labute approximate surface area is 183 Å². The van der Waals surface area contributed by atoms with Crippen molar-refractivity contribution >= 4 is 35.9 Å². The summed E-state index contributed by atoms with van der Waals surface area (Å²) in [6.07, 6.45) is 1.64. The molecule has 28 heavy (non-hydrogen) atoms. The van der Waals surface area contributed by atoms with Crippen molar-refractivity contribution in [2.75, 3.05) is 13.7 Å². The molecular formula is C20H29IN4O3. The molecule has 0 bridgehead atoms. The summed E-state index contributed by atoms with van der Waals surface area (Å²) in [5.74, 6) is 1.29. The monoisotopic (exact) mass is 500 g/mol. The number of rotatable bonds is 8. The largest absolute Gasteiger partial charge is 0.465 e.